The Morgan fingerprint density at radius 1 is 1.35 bits per heavy atom. The molecule has 2 aliphatic rings. The third kappa shape index (κ3) is 5.58. The molecule has 0 aromatic heterocycles. The van der Waals surface area contributed by atoms with E-state index in [1.54, 1.807) is 25.1 Å². The van der Waals surface area contributed by atoms with Crippen LogP contribution in [0.4, 0.5) is 0 Å². The van der Waals surface area contributed by atoms with Gasteiger partial charge in [0, 0.05) is 38.7 Å². The maximum Gasteiger partial charge on any atom is 0.243 e. The molecule has 2 unspecified atom stereocenters. The second kappa shape index (κ2) is 11.1. The molecule has 6 nitrogen and oxygen atoms in total. The second-order valence-corrected chi connectivity index (χ2v) is 7.29. The summed E-state index contributed by atoms with van der Waals surface area (Å²) in [4.78, 5) is 17.9. The van der Waals surface area contributed by atoms with Crippen molar-refractivity contribution in [3.8, 4) is 0 Å². The largest absolute Gasteiger partial charge is 0.378 e. The Balaban J connectivity index is 0.00000338. The number of guanidine groups is 1. The van der Waals surface area contributed by atoms with Crippen LogP contribution in [-0.2, 0) is 9.53 Å². The lowest BCUT2D eigenvalue weighted by molar-refractivity contribution is -0.145. The van der Waals surface area contributed by atoms with Gasteiger partial charge in [-0.1, -0.05) is 25.3 Å². The summed E-state index contributed by atoms with van der Waals surface area (Å²) >= 11 is 0. The van der Waals surface area contributed by atoms with E-state index >= 15 is 0 Å². The molecule has 2 N–H and O–H groups in total. The molecule has 1 spiro atoms. The molecule has 150 valence electrons. The van der Waals surface area contributed by atoms with E-state index in [-0.39, 0.29) is 41.8 Å². The fraction of sp³-hybridized carbons (Fsp3) is 0.789. The molecule has 0 saturated heterocycles. The van der Waals surface area contributed by atoms with Gasteiger partial charge >= 0.3 is 0 Å². The summed E-state index contributed by atoms with van der Waals surface area (Å²) in [6, 6.07) is 0.356. The first-order valence-corrected chi connectivity index (χ1v) is 9.51. The monoisotopic (exact) mass is 478 g/mol. The van der Waals surface area contributed by atoms with Crippen LogP contribution in [0.5, 0.6) is 0 Å². The van der Waals surface area contributed by atoms with E-state index in [4.69, 9.17) is 4.74 Å². The van der Waals surface area contributed by atoms with Crippen molar-refractivity contribution in [3.63, 3.8) is 0 Å². The topological polar surface area (TPSA) is 66.0 Å². The van der Waals surface area contributed by atoms with E-state index in [9.17, 15) is 4.79 Å². The Hall–Kier alpha value is -0.830. The van der Waals surface area contributed by atoms with Crippen molar-refractivity contribution >= 4 is 35.8 Å². The number of aliphatic imine (C=N–C) groups is 1. The van der Waals surface area contributed by atoms with Gasteiger partial charge in [-0.05, 0) is 26.2 Å². The summed E-state index contributed by atoms with van der Waals surface area (Å²) in [6.45, 7) is 7.36. The van der Waals surface area contributed by atoms with Crippen LogP contribution in [0.15, 0.2) is 17.6 Å². The molecule has 0 heterocycles. The van der Waals surface area contributed by atoms with Gasteiger partial charge in [-0.3, -0.25) is 4.79 Å². The number of ether oxygens (including phenoxy) is 1. The van der Waals surface area contributed by atoms with Crippen LogP contribution in [0.25, 0.3) is 0 Å². The Kier molecular flexibility index (Phi) is 9.92. The zero-order valence-corrected chi connectivity index (χ0v) is 18.8. The lowest BCUT2D eigenvalue weighted by Gasteiger charge is -2.57. The smallest absolute Gasteiger partial charge is 0.243 e. The van der Waals surface area contributed by atoms with E-state index in [1.807, 2.05) is 0 Å². The highest BCUT2D eigenvalue weighted by Gasteiger charge is 2.55. The van der Waals surface area contributed by atoms with Gasteiger partial charge in [-0.25, -0.2) is 4.99 Å². The number of amides is 1. The van der Waals surface area contributed by atoms with Gasteiger partial charge in [0.25, 0.3) is 0 Å². The van der Waals surface area contributed by atoms with Gasteiger partial charge < -0.3 is 20.3 Å². The molecule has 2 aliphatic carbocycles. The average molecular weight is 478 g/mol. The molecule has 2 saturated carbocycles. The minimum absolute atomic E-state index is 0. The predicted octanol–water partition coefficient (Wildman–Crippen LogP) is 2.54. The molecule has 0 radical (unpaired) electrons. The lowest BCUT2D eigenvalue weighted by Crippen LogP contribution is -2.66. The summed E-state index contributed by atoms with van der Waals surface area (Å²) in [5.41, 5.74) is 0.219. The highest BCUT2D eigenvalue weighted by Crippen LogP contribution is 2.53. The van der Waals surface area contributed by atoms with Crippen LogP contribution in [0, 0.1) is 5.41 Å². The van der Waals surface area contributed by atoms with Crippen LogP contribution in [-0.4, -0.2) is 62.7 Å². The fourth-order valence-corrected chi connectivity index (χ4v) is 4.04. The first-order chi connectivity index (χ1) is 12.0. The van der Waals surface area contributed by atoms with Crippen molar-refractivity contribution in [2.45, 2.75) is 57.6 Å². The average Bonchev–Trinajstić information content (AvgIpc) is 2.62. The number of carbonyl (C=O) groups is 1. The highest BCUT2D eigenvalue weighted by atomic mass is 127. The van der Waals surface area contributed by atoms with Gasteiger partial charge in [-0.15, -0.1) is 30.6 Å². The van der Waals surface area contributed by atoms with Gasteiger partial charge in [0.2, 0.25) is 5.91 Å². The predicted molar refractivity (Wildman–Crippen MR) is 117 cm³/mol. The third-order valence-corrected chi connectivity index (χ3v) is 5.53. The van der Waals surface area contributed by atoms with Crippen LogP contribution >= 0.6 is 24.0 Å². The molecule has 2 rings (SSSR count). The van der Waals surface area contributed by atoms with E-state index in [2.05, 4.69) is 29.1 Å². The van der Waals surface area contributed by atoms with E-state index in [0.29, 0.717) is 24.7 Å². The van der Waals surface area contributed by atoms with Crippen molar-refractivity contribution in [1.29, 1.82) is 0 Å². The van der Waals surface area contributed by atoms with Crippen molar-refractivity contribution in [2.75, 3.05) is 33.8 Å². The van der Waals surface area contributed by atoms with Crippen LogP contribution in [0.3, 0.4) is 0 Å². The van der Waals surface area contributed by atoms with Gasteiger partial charge in [0.05, 0.1) is 6.10 Å². The molecular formula is C19H35IN4O2. The molecule has 26 heavy (non-hydrogen) atoms. The van der Waals surface area contributed by atoms with Crippen LogP contribution < -0.4 is 10.6 Å². The first-order valence-electron chi connectivity index (χ1n) is 9.51. The lowest BCUT2D eigenvalue weighted by atomic mass is 9.55. The Morgan fingerprint density at radius 3 is 2.62 bits per heavy atom. The molecule has 0 aromatic carbocycles. The van der Waals surface area contributed by atoms with Gasteiger partial charge in [-0.2, -0.15) is 0 Å². The fourth-order valence-electron chi connectivity index (χ4n) is 4.04. The zero-order chi connectivity index (χ0) is 18.3. The van der Waals surface area contributed by atoms with Gasteiger partial charge in [0.15, 0.2) is 5.96 Å². The first kappa shape index (κ1) is 23.2. The number of likely N-dealkylation sites (N-methyl/N-ethyl adjacent to an activating group) is 1. The van der Waals surface area contributed by atoms with Gasteiger partial charge in [0.1, 0.15) is 6.54 Å². The summed E-state index contributed by atoms with van der Waals surface area (Å²) in [6.07, 6.45) is 9.43. The van der Waals surface area contributed by atoms with Crippen LogP contribution in [0.2, 0.25) is 0 Å². The quantitative estimate of drug-likeness (QED) is 0.256. The molecule has 2 fully saturated rings. The Bertz CT molecular complexity index is 490. The van der Waals surface area contributed by atoms with Crippen molar-refractivity contribution in [3.05, 3.63) is 12.7 Å². The third-order valence-electron chi connectivity index (χ3n) is 5.53. The Morgan fingerprint density at radius 2 is 2.04 bits per heavy atom. The Labute approximate surface area is 175 Å². The molecule has 1 amide bonds. The summed E-state index contributed by atoms with van der Waals surface area (Å²) < 4.78 is 6.02. The minimum atomic E-state index is -0.00659. The van der Waals surface area contributed by atoms with Crippen molar-refractivity contribution < 1.29 is 9.53 Å². The molecule has 2 atom stereocenters. The number of hydrogen-bond acceptors (Lipinski definition) is 3. The number of halogens is 1. The number of rotatable bonds is 7. The highest BCUT2D eigenvalue weighted by molar-refractivity contribution is 14.0. The van der Waals surface area contributed by atoms with Crippen molar-refractivity contribution in [1.82, 2.24) is 15.5 Å². The molecule has 0 bridgehead atoms. The molecule has 7 heteroatoms. The summed E-state index contributed by atoms with van der Waals surface area (Å²) in [5, 5.41) is 6.81. The van der Waals surface area contributed by atoms with Crippen molar-refractivity contribution in [2.24, 2.45) is 10.4 Å². The maximum absolute atomic E-state index is 11.8. The number of hydrogen-bond donors (Lipinski definition) is 2. The molecule has 0 aromatic rings. The maximum atomic E-state index is 11.8. The second-order valence-electron chi connectivity index (χ2n) is 7.29. The normalized spacial score (nSPS) is 24.2. The minimum Gasteiger partial charge on any atom is -0.378 e. The number of nitrogens with zero attached hydrogens (tertiary/aromatic N) is 2. The van der Waals surface area contributed by atoms with E-state index in [1.165, 1.54) is 32.1 Å². The standard InChI is InChI=1S/C19H34N4O2.HI/c1-5-12-20-18(21-14-17(24)23(3)4)22-15-13-16(25-6-2)19(15)10-8-7-9-11-19;/h5,15-16H,1,6-14H2,2-4H3,(H2,20,21,22);1H. The van der Waals surface area contributed by atoms with Crippen LogP contribution in [0.1, 0.15) is 45.4 Å². The SMILES string of the molecule is C=CCNC(=NCC(=O)N(C)C)NC1CC(OCC)C12CCCCC2.I. The zero-order valence-electron chi connectivity index (χ0n) is 16.4. The van der Waals surface area contributed by atoms with E-state index in [0.717, 1.165) is 13.0 Å². The summed E-state index contributed by atoms with van der Waals surface area (Å²) in [5.74, 6) is 0.688. The molecule has 0 aliphatic heterocycles. The van der Waals surface area contributed by atoms with E-state index < -0.39 is 0 Å². The number of carbonyl (C=O) groups excluding carboxylic acids is 1. The summed E-state index contributed by atoms with van der Waals surface area (Å²) in [7, 11) is 3.50. The molecular weight excluding hydrogens is 443 g/mol. The number of nitrogens with one attached hydrogen (secondary N) is 2.